The number of halogens is 5. The molecule has 0 bridgehead atoms. The average molecular weight is 474 g/mol. The van der Waals surface area contributed by atoms with Gasteiger partial charge in [0.15, 0.2) is 0 Å². The smallest absolute Gasteiger partial charge is 0.383 e. The van der Waals surface area contributed by atoms with Crippen LogP contribution < -0.4 is 10.6 Å². The van der Waals surface area contributed by atoms with Crippen LogP contribution in [0.15, 0.2) is 42.5 Å². The lowest BCUT2D eigenvalue weighted by Crippen LogP contribution is -2.28. The molecule has 2 aromatic rings. The zero-order valence-corrected chi connectivity index (χ0v) is 18.7. The van der Waals surface area contributed by atoms with Crippen molar-refractivity contribution < 1.29 is 18.0 Å². The molecule has 0 fully saturated rings. The van der Waals surface area contributed by atoms with E-state index in [1.807, 2.05) is 0 Å². The Kier molecular flexibility index (Phi) is 9.22. The Hall–Kier alpha value is -2.22. The minimum atomic E-state index is -4.48. The normalized spacial score (nSPS) is 11.9. The lowest BCUT2D eigenvalue weighted by Gasteiger charge is -2.19. The number of anilines is 2. The third-order valence-corrected chi connectivity index (χ3v) is 5.26. The van der Waals surface area contributed by atoms with Crippen LogP contribution in [0, 0.1) is 0 Å². The standard InChI is InChI=1S/C22H24Cl2F3N3O/c1-3-30(4-2)12-11-28-20-9-8-17(14-19(20)24)29-21(31)10-6-15-5-7-16(13-18(15)23)22(25,26)27/h5-10,13-14,28H,3-4,11-12H2,1-2H3,(H,29,31)/b10-6+. The Morgan fingerprint density at radius 2 is 1.77 bits per heavy atom. The molecule has 0 atom stereocenters. The van der Waals surface area contributed by atoms with Gasteiger partial charge in [0, 0.05) is 29.9 Å². The van der Waals surface area contributed by atoms with Gasteiger partial charge in [-0.1, -0.05) is 43.1 Å². The van der Waals surface area contributed by atoms with Crippen molar-refractivity contribution >= 4 is 46.6 Å². The first-order chi connectivity index (χ1) is 14.6. The van der Waals surface area contributed by atoms with Gasteiger partial charge in [-0.05, 0) is 55.1 Å². The van der Waals surface area contributed by atoms with Crippen LogP contribution >= 0.6 is 23.2 Å². The first-order valence-electron chi connectivity index (χ1n) is 9.75. The lowest BCUT2D eigenvalue weighted by molar-refractivity contribution is -0.137. The predicted molar refractivity (Wildman–Crippen MR) is 122 cm³/mol. The van der Waals surface area contributed by atoms with Crippen LogP contribution in [0.3, 0.4) is 0 Å². The third kappa shape index (κ3) is 7.76. The number of amides is 1. The number of likely N-dealkylation sites (N-methyl/N-ethyl adjacent to an activating group) is 1. The molecule has 2 aromatic carbocycles. The minimum absolute atomic E-state index is 0.0953. The van der Waals surface area contributed by atoms with Crippen molar-refractivity contribution in [3.63, 3.8) is 0 Å². The molecular formula is C22H24Cl2F3N3O. The topological polar surface area (TPSA) is 44.4 Å². The van der Waals surface area contributed by atoms with Crippen molar-refractivity contribution in [2.75, 3.05) is 36.8 Å². The van der Waals surface area contributed by atoms with Gasteiger partial charge in [0.25, 0.3) is 0 Å². The zero-order valence-electron chi connectivity index (χ0n) is 17.2. The molecule has 2 rings (SSSR count). The Bertz CT molecular complexity index is 929. The molecule has 0 unspecified atom stereocenters. The van der Waals surface area contributed by atoms with Gasteiger partial charge in [0.2, 0.25) is 5.91 Å². The molecule has 168 valence electrons. The molecule has 0 saturated carbocycles. The molecule has 0 aliphatic carbocycles. The van der Waals surface area contributed by atoms with E-state index >= 15 is 0 Å². The third-order valence-electron chi connectivity index (χ3n) is 4.62. The van der Waals surface area contributed by atoms with Crippen LogP contribution in [0.25, 0.3) is 6.08 Å². The van der Waals surface area contributed by atoms with Crippen LogP contribution in [0.5, 0.6) is 0 Å². The van der Waals surface area contributed by atoms with Gasteiger partial charge in [-0.25, -0.2) is 0 Å². The highest BCUT2D eigenvalue weighted by Gasteiger charge is 2.30. The molecule has 0 saturated heterocycles. The van der Waals surface area contributed by atoms with Crippen molar-refractivity contribution in [1.29, 1.82) is 0 Å². The van der Waals surface area contributed by atoms with Crippen molar-refractivity contribution in [3.8, 4) is 0 Å². The van der Waals surface area contributed by atoms with Crippen molar-refractivity contribution in [2.24, 2.45) is 0 Å². The quantitative estimate of drug-likeness (QED) is 0.413. The van der Waals surface area contributed by atoms with E-state index in [0.29, 0.717) is 16.3 Å². The van der Waals surface area contributed by atoms with Gasteiger partial charge in [-0.3, -0.25) is 4.79 Å². The number of carbonyl (C=O) groups excluding carboxylic acids is 1. The number of rotatable bonds is 9. The highest BCUT2D eigenvalue weighted by molar-refractivity contribution is 6.33. The van der Waals surface area contributed by atoms with Crippen molar-refractivity contribution in [2.45, 2.75) is 20.0 Å². The summed E-state index contributed by atoms with van der Waals surface area (Å²) in [6.07, 6.45) is -1.93. The van der Waals surface area contributed by atoms with E-state index in [2.05, 4.69) is 29.4 Å². The van der Waals surface area contributed by atoms with E-state index < -0.39 is 17.6 Å². The molecule has 31 heavy (non-hydrogen) atoms. The molecule has 0 aromatic heterocycles. The second kappa shape index (κ2) is 11.4. The lowest BCUT2D eigenvalue weighted by atomic mass is 10.1. The average Bonchev–Trinajstić information content (AvgIpc) is 2.71. The summed E-state index contributed by atoms with van der Waals surface area (Å²) in [5, 5.41) is 6.29. The van der Waals surface area contributed by atoms with Gasteiger partial charge >= 0.3 is 6.18 Å². The van der Waals surface area contributed by atoms with E-state index in [-0.39, 0.29) is 5.02 Å². The number of hydrogen-bond donors (Lipinski definition) is 2. The molecule has 0 aliphatic heterocycles. The summed E-state index contributed by atoms with van der Waals surface area (Å²) < 4.78 is 38.1. The fraction of sp³-hybridized carbons (Fsp3) is 0.318. The maximum atomic E-state index is 12.7. The second-order valence-electron chi connectivity index (χ2n) is 6.70. The van der Waals surface area contributed by atoms with Crippen LogP contribution in [-0.4, -0.2) is 37.0 Å². The fourth-order valence-electron chi connectivity index (χ4n) is 2.81. The first kappa shape index (κ1) is 25.0. The van der Waals surface area contributed by atoms with E-state index in [4.69, 9.17) is 23.2 Å². The van der Waals surface area contributed by atoms with Crippen LogP contribution in [-0.2, 0) is 11.0 Å². The minimum Gasteiger partial charge on any atom is -0.383 e. The van der Waals surface area contributed by atoms with Crippen molar-refractivity contribution in [3.05, 3.63) is 63.6 Å². The summed E-state index contributed by atoms with van der Waals surface area (Å²) in [5.74, 6) is -0.464. The van der Waals surface area contributed by atoms with E-state index in [0.717, 1.165) is 44.0 Å². The van der Waals surface area contributed by atoms with Crippen LogP contribution in [0.4, 0.5) is 24.5 Å². The van der Waals surface area contributed by atoms with Gasteiger partial charge in [-0.2, -0.15) is 13.2 Å². The molecule has 1 amide bonds. The van der Waals surface area contributed by atoms with Crippen LogP contribution in [0.1, 0.15) is 25.0 Å². The molecule has 4 nitrogen and oxygen atoms in total. The van der Waals surface area contributed by atoms with Gasteiger partial charge in [0.05, 0.1) is 16.3 Å². The summed E-state index contributed by atoms with van der Waals surface area (Å²) in [6.45, 7) is 7.79. The second-order valence-corrected chi connectivity index (χ2v) is 7.52. The monoisotopic (exact) mass is 473 g/mol. The number of carbonyl (C=O) groups is 1. The van der Waals surface area contributed by atoms with Gasteiger partial charge in [0.1, 0.15) is 0 Å². The van der Waals surface area contributed by atoms with Crippen molar-refractivity contribution in [1.82, 2.24) is 4.90 Å². The molecule has 9 heteroatoms. The Morgan fingerprint density at radius 1 is 1.06 bits per heavy atom. The van der Waals surface area contributed by atoms with Gasteiger partial charge < -0.3 is 15.5 Å². The maximum absolute atomic E-state index is 12.7. The molecule has 0 aliphatic rings. The highest BCUT2D eigenvalue weighted by atomic mass is 35.5. The Labute approximate surface area is 190 Å². The molecule has 0 radical (unpaired) electrons. The van der Waals surface area contributed by atoms with E-state index in [1.54, 1.807) is 18.2 Å². The Balaban J connectivity index is 1.96. The molecule has 2 N–H and O–H groups in total. The summed E-state index contributed by atoms with van der Waals surface area (Å²) >= 11 is 12.2. The number of alkyl halides is 3. The first-order valence-corrected chi connectivity index (χ1v) is 10.5. The summed E-state index contributed by atoms with van der Waals surface area (Å²) in [7, 11) is 0. The maximum Gasteiger partial charge on any atom is 0.416 e. The predicted octanol–water partition coefficient (Wildman–Crippen LogP) is 6.42. The summed E-state index contributed by atoms with van der Waals surface area (Å²) in [6, 6.07) is 8.06. The van der Waals surface area contributed by atoms with E-state index in [1.165, 1.54) is 18.2 Å². The van der Waals surface area contributed by atoms with Gasteiger partial charge in [-0.15, -0.1) is 0 Å². The van der Waals surface area contributed by atoms with Crippen LogP contribution in [0.2, 0.25) is 10.0 Å². The highest BCUT2D eigenvalue weighted by Crippen LogP contribution is 2.32. The SMILES string of the molecule is CCN(CC)CCNc1ccc(NC(=O)/C=C/c2ccc(C(F)(F)F)cc2Cl)cc1Cl. The molecule has 0 spiro atoms. The molecule has 0 heterocycles. The zero-order chi connectivity index (χ0) is 23.0. The van der Waals surface area contributed by atoms with E-state index in [9.17, 15) is 18.0 Å². The summed E-state index contributed by atoms with van der Waals surface area (Å²) in [5.41, 5.74) is 0.710. The number of hydrogen-bond acceptors (Lipinski definition) is 3. The largest absolute Gasteiger partial charge is 0.416 e. The number of nitrogens with zero attached hydrogens (tertiary/aromatic N) is 1. The molecular weight excluding hydrogens is 450 g/mol. The summed E-state index contributed by atoms with van der Waals surface area (Å²) in [4.78, 5) is 14.4. The Morgan fingerprint density at radius 3 is 2.35 bits per heavy atom. The number of nitrogens with one attached hydrogen (secondary N) is 2. The number of benzene rings is 2. The fourth-order valence-corrected chi connectivity index (χ4v) is 3.30.